The van der Waals surface area contributed by atoms with Gasteiger partial charge in [-0.25, -0.2) is 4.79 Å². The van der Waals surface area contributed by atoms with Crippen LogP contribution >= 0.6 is 0 Å². The van der Waals surface area contributed by atoms with E-state index in [1.54, 1.807) is 12.1 Å². The van der Waals surface area contributed by atoms with Crippen LogP contribution in [-0.2, 0) is 6.54 Å². The molecule has 138 valence electrons. The van der Waals surface area contributed by atoms with Crippen LogP contribution in [0.4, 0.5) is 0 Å². The smallest absolute Gasteiger partial charge is 0.335 e. The van der Waals surface area contributed by atoms with E-state index < -0.39 is 5.97 Å². The molecule has 2 saturated heterocycles. The lowest BCUT2D eigenvalue weighted by Gasteiger charge is -2.26. The number of aliphatic hydroxyl groups is 1. The molecule has 2 aliphatic heterocycles. The van der Waals surface area contributed by atoms with Gasteiger partial charge < -0.3 is 15.1 Å². The average molecular weight is 346 g/mol. The van der Waals surface area contributed by atoms with Gasteiger partial charge in [-0.1, -0.05) is 25.0 Å². The van der Waals surface area contributed by atoms with Gasteiger partial charge in [0.25, 0.3) is 0 Å². The fraction of sp³-hybridized carbons (Fsp3) is 0.650. The van der Waals surface area contributed by atoms with E-state index in [9.17, 15) is 9.90 Å². The molecule has 2 heterocycles. The predicted octanol–water partition coefficient (Wildman–Crippen LogP) is 2.30. The topological polar surface area (TPSA) is 64.0 Å². The van der Waals surface area contributed by atoms with Crippen molar-refractivity contribution < 1.29 is 15.0 Å². The zero-order valence-corrected chi connectivity index (χ0v) is 14.9. The summed E-state index contributed by atoms with van der Waals surface area (Å²) in [5, 5.41) is 18.8. The number of likely N-dealkylation sites (tertiary alicyclic amines) is 2. The van der Waals surface area contributed by atoms with Crippen molar-refractivity contribution in [2.24, 2.45) is 11.8 Å². The fourth-order valence-corrected chi connectivity index (χ4v) is 4.24. The number of carboxylic acid groups (broad SMARTS) is 1. The standard InChI is InChI=1S/C20H30N2O3/c23-15-19-14-22(11-16-5-7-17(8-6-16)20(24)25)13-18(19)12-21-9-3-1-2-4-10-21/h5-8,18-19,23H,1-4,9-15H2,(H,24,25)/t18-,19-/m0/s1. The molecule has 0 unspecified atom stereocenters. The molecule has 0 aliphatic carbocycles. The third-order valence-electron chi connectivity index (χ3n) is 5.69. The van der Waals surface area contributed by atoms with Crippen molar-refractivity contribution in [3.63, 3.8) is 0 Å². The maximum absolute atomic E-state index is 11.0. The van der Waals surface area contributed by atoms with Crippen molar-refractivity contribution in [2.45, 2.75) is 32.2 Å². The van der Waals surface area contributed by atoms with E-state index in [1.807, 2.05) is 12.1 Å². The van der Waals surface area contributed by atoms with Crippen LogP contribution in [0, 0.1) is 11.8 Å². The van der Waals surface area contributed by atoms with Gasteiger partial charge in [-0.3, -0.25) is 4.90 Å². The van der Waals surface area contributed by atoms with Gasteiger partial charge in [0.2, 0.25) is 0 Å². The molecule has 0 spiro atoms. The molecule has 5 heteroatoms. The summed E-state index contributed by atoms with van der Waals surface area (Å²) in [6, 6.07) is 7.15. The van der Waals surface area contributed by atoms with Crippen molar-refractivity contribution in [1.29, 1.82) is 0 Å². The van der Waals surface area contributed by atoms with Gasteiger partial charge in [0.05, 0.1) is 5.56 Å². The Kier molecular flexibility index (Phi) is 6.45. The molecule has 0 saturated carbocycles. The van der Waals surface area contributed by atoms with E-state index >= 15 is 0 Å². The van der Waals surface area contributed by atoms with Gasteiger partial charge >= 0.3 is 5.97 Å². The maximum Gasteiger partial charge on any atom is 0.335 e. The minimum absolute atomic E-state index is 0.257. The molecule has 0 radical (unpaired) electrons. The van der Waals surface area contributed by atoms with Crippen LogP contribution in [0.5, 0.6) is 0 Å². The van der Waals surface area contributed by atoms with Crippen LogP contribution in [0.1, 0.15) is 41.6 Å². The molecular formula is C20H30N2O3. The number of carbonyl (C=O) groups is 1. The highest BCUT2D eigenvalue weighted by Gasteiger charge is 2.33. The molecule has 3 rings (SSSR count). The summed E-state index contributed by atoms with van der Waals surface area (Å²) in [4.78, 5) is 15.9. The number of nitrogens with zero attached hydrogens (tertiary/aromatic N) is 2. The summed E-state index contributed by atoms with van der Waals surface area (Å²) in [6.07, 6.45) is 5.30. The Morgan fingerprint density at radius 1 is 0.960 bits per heavy atom. The van der Waals surface area contributed by atoms with Gasteiger partial charge in [-0.05, 0) is 55.5 Å². The second-order valence-electron chi connectivity index (χ2n) is 7.61. The Bertz CT molecular complexity index is 553. The fourth-order valence-electron chi connectivity index (χ4n) is 4.24. The van der Waals surface area contributed by atoms with Crippen LogP contribution < -0.4 is 0 Å². The summed E-state index contributed by atoms with van der Waals surface area (Å²) in [5.41, 5.74) is 1.47. The van der Waals surface area contributed by atoms with Crippen molar-refractivity contribution in [2.75, 3.05) is 39.3 Å². The summed E-state index contributed by atoms with van der Waals surface area (Å²) in [5.74, 6) is -0.00600. The van der Waals surface area contributed by atoms with E-state index in [2.05, 4.69) is 9.80 Å². The van der Waals surface area contributed by atoms with E-state index in [0.29, 0.717) is 17.4 Å². The highest BCUT2D eigenvalue weighted by atomic mass is 16.4. The number of hydrogen-bond acceptors (Lipinski definition) is 4. The Hall–Kier alpha value is -1.43. The monoisotopic (exact) mass is 346 g/mol. The minimum atomic E-state index is -0.884. The molecule has 2 N–H and O–H groups in total. The largest absolute Gasteiger partial charge is 0.478 e. The summed E-state index contributed by atoms with van der Waals surface area (Å²) < 4.78 is 0. The zero-order valence-electron chi connectivity index (χ0n) is 14.9. The number of aromatic carboxylic acids is 1. The second kappa shape index (κ2) is 8.79. The maximum atomic E-state index is 11.0. The highest BCUT2D eigenvalue weighted by Crippen LogP contribution is 2.26. The number of carboxylic acids is 1. The summed E-state index contributed by atoms with van der Waals surface area (Å²) in [7, 11) is 0. The molecule has 1 aromatic rings. The van der Waals surface area contributed by atoms with Crippen molar-refractivity contribution in [3.05, 3.63) is 35.4 Å². The van der Waals surface area contributed by atoms with E-state index in [-0.39, 0.29) is 6.61 Å². The molecule has 2 fully saturated rings. The second-order valence-corrected chi connectivity index (χ2v) is 7.61. The normalized spacial score (nSPS) is 25.8. The first-order valence-corrected chi connectivity index (χ1v) is 9.53. The average Bonchev–Trinajstić information content (AvgIpc) is 2.80. The van der Waals surface area contributed by atoms with Gasteiger partial charge in [-0.2, -0.15) is 0 Å². The number of rotatable bonds is 6. The number of hydrogen-bond donors (Lipinski definition) is 2. The Morgan fingerprint density at radius 3 is 2.20 bits per heavy atom. The van der Waals surface area contributed by atoms with Crippen LogP contribution in [-0.4, -0.2) is 65.3 Å². The molecular weight excluding hydrogens is 316 g/mol. The van der Waals surface area contributed by atoms with E-state index in [1.165, 1.54) is 38.8 Å². The summed E-state index contributed by atoms with van der Waals surface area (Å²) >= 11 is 0. The molecule has 0 aromatic heterocycles. The lowest BCUT2D eigenvalue weighted by molar-refractivity contribution is 0.0697. The Labute approximate surface area is 150 Å². The van der Waals surface area contributed by atoms with Gasteiger partial charge in [-0.15, -0.1) is 0 Å². The SMILES string of the molecule is O=C(O)c1ccc(CN2C[C@@H](CO)[C@@H](CN3CCCCCC3)C2)cc1. The third kappa shape index (κ3) is 5.03. The summed E-state index contributed by atoms with van der Waals surface area (Å²) in [6.45, 7) is 6.52. The van der Waals surface area contributed by atoms with Crippen molar-refractivity contribution in [3.8, 4) is 0 Å². The first-order valence-electron chi connectivity index (χ1n) is 9.53. The highest BCUT2D eigenvalue weighted by molar-refractivity contribution is 5.87. The lowest BCUT2D eigenvalue weighted by Crippen LogP contribution is -2.34. The molecule has 2 aliphatic rings. The molecule has 5 nitrogen and oxygen atoms in total. The molecule has 25 heavy (non-hydrogen) atoms. The number of aliphatic hydroxyl groups excluding tert-OH is 1. The van der Waals surface area contributed by atoms with Crippen LogP contribution in [0.3, 0.4) is 0 Å². The predicted molar refractivity (Wildman–Crippen MR) is 97.7 cm³/mol. The van der Waals surface area contributed by atoms with Crippen molar-refractivity contribution >= 4 is 5.97 Å². The van der Waals surface area contributed by atoms with E-state index in [0.717, 1.165) is 31.7 Å². The lowest BCUT2D eigenvalue weighted by atomic mass is 9.96. The van der Waals surface area contributed by atoms with Crippen molar-refractivity contribution in [1.82, 2.24) is 9.80 Å². The molecule has 2 atom stereocenters. The zero-order chi connectivity index (χ0) is 17.6. The van der Waals surface area contributed by atoms with Gasteiger partial charge in [0.15, 0.2) is 0 Å². The quantitative estimate of drug-likeness (QED) is 0.827. The van der Waals surface area contributed by atoms with Gasteiger partial charge in [0.1, 0.15) is 0 Å². The molecule has 0 amide bonds. The minimum Gasteiger partial charge on any atom is -0.478 e. The van der Waals surface area contributed by atoms with Gasteiger partial charge in [0, 0.05) is 32.8 Å². The Balaban J connectivity index is 1.55. The first kappa shape index (κ1) is 18.4. The number of benzene rings is 1. The van der Waals surface area contributed by atoms with Crippen LogP contribution in [0.25, 0.3) is 0 Å². The van der Waals surface area contributed by atoms with Crippen LogP contribution in [0.15, 0.2) is 24.3 Å². The Morgan fingerprint density at radius 2 is 1.60 bits per heavy atom. The molecule has 1 aromatic carbocycles. The van der Waals surface area contributed by atoms with E-state index in [4.69, 9.17) is 5.11 Å². The van der Waals surface area contributed by atoms with Crippen LogP contribution in [0.2, 0.25) is 0 Å². The third-order valence-corrected chi connectivity index (χ3v) is 5.69. The molecule has 0 bridgehead atoms. The first-order chi connectivity index (χ1) is 12.2.